The minimum atomic E-state index is 0.860. The molecule has 22 heavy (non-hydrogen) atoms. The summed E-state index contributed by atoms with van der Waals surface area (Å²) in [4.78, 5) is 4.98. The Labute approximate surface area is 133 Å². The number of aryl methyl sites for hydroxylation is 2. The molecule has 0 saturated carbocycles. The molecule has 5 heteroatoms. The molecule has 1 aromatic carbocycles. The van der Waals surface area contributed by atoms with Crippen molar-refractivity contribution in [2.45, 2.75) is 32.6 Å². The van der Waals surface area contributed by atoms with Gasteiger partial charge in [0.15, 0.2) is 5.01 Å². The summed E-state index contributed by atoms with van der Waals surface area (Å²) in [5, 5.41) is 14.8. The van der Waals surface area contributed by atoms with Crippen LogP contribution in [-0.2, 0) is 19.3 Å². The van der Waals surface area contributed by atoms with E-state index in [0.717, 1.165) is 34.9 Å². The van der Waals surface area contributed by atoms with Gasteiger partial charge in [-0.1, -0.05) is 36.5 Å². The lowest BCUT2D eigenvalue weighted by Gasteiger charge is -2.12. The highest BCUT2D eigenvalue weighted by Crippen LogP contribution is 2.39. The Morgan fingerprint density at radius 2 is 2.14 bits per heavy atom. The van der Waals surface area contributed by atoms with E-state index in [-0.39, 0.29) is 0 Å². The number of pyridine rings is 1. The van der Waals surface area contributed by atoms with Crippen LogP contribution in [0.2, 0.25) is 0 Å². The molecular weight excluding hydrogens is 292 g/mol. The van der Waals surface area contributed by atoms with Crippen LogP contribution in [0.3, 0.4) is 0 Å². The fourth-order valence-corrected chi connectivity index (χ4v) is 4.08. The molecule has 1 aliphatic rings. The second-order valence-corrected chi connectivity index (χ2v) is 6.57. The Morgan fingerprint density at radius 3 is 2.91 bits per heavy atom. The minimum absolute atomic E-state index is 0.860. The number of hydrogen-bond donors (Lipinski definition) is 1. The molecule has 0 atom stereocenters. The van der Waals surface area contributed by atoms with Crippen molar-refractivity contribution in [3.8, 4) is 10.6 Å². The third-order valence-electron chi connectivity index (χ3n) is 4.36. The highest BCUT2D eigenvalue weighted by molar-refractivity contribution is 7.18. The summed E-state index contributed by atoms with van der Waals surface area (Å²) in [5.74, 6) is 0. The van der Waals surface area contributed by atoms with E-state index in [1.54, 1.807) is 11.3 Å². The molecule has 1 N–H and O–H groups in total. The van der Waals surface area contributed by atoms with Crippen LogP contribution in [0, 0.1) is 0 Å². The second-order valence-electron chi connectivity index (χ2n) is 5.59. The maximum atomic E-state index is 4.98. The van der Waals surface area contributed by atoms with E-state index in [1.807, 2.05) is 7.05 Å². The maximum Gasteiger partial charge on any atom is 0.205 e. The van der Waals surface area contributed by atoms with Crippen LogP contribution in [-0.4, -0.2) is 22.2 Å². The monoisotopic (exact) mass is 310 g/mol. The van der Waals surface area contributed by atoms with Crippen LogP contribution in [0.25, 0.3) is 21.5 Å². The van der Waals surface area contributed by atoms with Crippen LogP contribution in [0.1, 0.15) is 30.2 Å². The Balaban J connectivity index is 2.07. The lowest BCUT2D eigenvalue weighted by atomic mass is 9.98. The molecule has 0 radical (unpaired) electrons. The van der Waals surface area contributed by atoms with Crippen molar-refractivity contribution in [3.63, 3.8) is 0 Å². The van der Waals surface area contributed by atoms with Gasteiger partial charge in [-0.05, 0) is 36.8 Å². The van der Waals surface area contributed by atoms with E-state index in [9.17, 15) is 0 Å². The zero-order valence-corrected chi connectivity index (χ0v) is 13.6. The minimum Gasteiger partial charge on any atom is -0.363 e. The predicted molar refractivity (Wildman–Crippen MR) is 91.6 cm³/mol. The van der Waals surface area contributed by atoms with Crippen LogP contribution >= 0.6 is 11.3 Å². The molecule has 0 bridgehead atoms. The summed E-state index contributed by atoms with van der Waals surface area (Å²) in [7, 11) is 1.88. The smallest absolute Gasteiger partial charge is 0.205 e. The Morgan fingerprint density at radius 1 is 1.23 bits per heavy atom. The van der Waals surface area contributed by atoms with Gasteiger partial charge in [-0.3, -0.25) is 4.98 Å². The van der Waals surface area contributed by atoms with Crippen LogP contribution in [0.15, 0.2) is 18.2 Å². The molecule has 0 unspecified atom stereocenters. The predicted octanol–water partition coefficient (Wildman–Crippen LogP) is 3.85. The molecule has 1 aliphatic carbocycles. The summed E-state index contributed by atoms with van der Waals surface area (Å²) in [6.07, 6.45) is 4.36. The van der Waals surface area contributed by atoms with Gasteiger partial charge in [-0.25, -0.2) is 0 Å². The Bertz CT molecular complexity index is 853. The molecule has 0 spiro atoms. The molecule has 0 amide bonds. The first-order valence-corrected chi connectivity index (χ1v) is 8.58. The number of fused-ring (bicyclic) bond motifs is 2. The molecule has 4 nitrogen and oxygen atoms in total. The van der Waals surface area contributed by atoms with Gasteiger partial charge >= 0.3 is 0 Å². The lowest BCUT2D eigenvalue weighted by molar-refractivity contribution is 0.901. The molecule has 0 fully saturated rings. The van der Waals surface area contributed by atoms with E-state index in [4.69, 9.17) is 4.98 Å². The Kier molecular flexibility index (Phi) is 3.30. The van der Waals surface area contributed by atoms with Crippen molar-refractivity contribution < 1.29 is 0 Å². The third-order valence-corrected chi connectivity index (χ3v) is 5.32. The highest BCUT2D eigenvalue weighted by Gasteiger charge is 2.23. The number of hydrogen-bond acceptors (Lipinski definition) is 5. The van der Waals surface area contributed by atoms with E-state index < -0.39 is 0 Å². The largest absolute Gasteiger partial charge is 0.363 e. The standard InChI is InChI=1S/C17H18N4S/c1-3-10-6-4-8-12-14(16-20-21-17(18-2)22-16)11-7-5-9-13(11)19-15(10)12/h4,6,8H,3,5,7,9H2,1-2H3,(H,18,21). The van der Waals surface area contributed by atoms with Gasteiger partial charge in [-0.15, -0.1) is 10.2 Å². The fraction of sp³-hybridized carbons (Fsp3) is 0.353. The van der Waals surface area contributed by atoms with Gasteiger partial charge < -0.3 is 5.32 Å². The van der Waals surface area contributed by atoms with E-state index in [1.165, 1.54) is 34.2 Å². The van der Waals surface area contributed by atoms with Gasteiger partial charge in [0.1, 0.15) is 0 Å². The number of rotatable bonds is 3. The summed E-state index contributed by atoms with van der Waals surface area (Å²) in [5.41, 5.74) is 6.34. The van der Waals surface area contributed by atoms with Gasteiger partial charge in [0.2, 0.25) is 5.13 Å². The molecular formula is C17H18N4S. The zero-order valence-electron chi connectivity index (χ0n) is 12.8. The average molecular weight is 310 g/mol. The molecule has 3 aromatic rings. The van der Waals surface area contributed by atoms with E-state index in [0.29, 0.717) is 0 Å². The number of nitrogens with one attached hydrogen (secondary N) is 1. The first-order chi connectivity index (χ1) is 10.8. The lowest BCUT2D eigenvalue weighted by Crippen LogP contribution is -1.98. The van der Waals surface area contributed by atoms with Crippen molar-refractivity contribution in [3.05, 3.63) is 35.0 Å². The van der Waals surface area contributed by atoms with Crippen molar-refractivity contribution in [1.82, 2.24) is 15.2 Å². The molecule has 112 valence electrons. The van der Waals surface area contributed by atoms with Crippen molar-refractivity contribution >= 4 is 27.4 Å². The first kappa shape index (κ1) is 13.6. The van der Waals surface area contributed by atoms with Gasteiger partial charge in [0, 0.05) is 23.7 Å². The quantitative estimate of drug-likeness (QED) is 0.798. The topological polar surface area (TPSA) is 50.7 Å². The Hall–Kier alpha value is -2.01. The summed E-state index contributed by atoms with van der Waals surface area (Å²) in [6.45, 7) is 2.19. The van der Waals surface area contributed by atoms with Crippen molar-refractivity contribution in [1.29, 1.82) is 0 Å². The third kappa shape index (κ3) is 2.00. The molecule has 0 aliphatic heterocycles. The SMILES string of the molecule is CCc1cccc2c(-c3nnc(NC)s3)c3c(nc12)CCC3. The fourth-order valence-electron chi connectivity index (χ4n) is 3.30. The molecule has 0 saturated heterocycles. The number of aromatic nitrogens is 3. The molecule has 4 rings (SSSR count). The van der Waals surface area contributed by atoms with Gasteiger partial charge in [-0.2, -0.15) is 0 Å². The van der Waals surface area contributed by atoms with Gasteiger partial charge in [0.25, 0.3) is 0 Å². The summed E-state index contributed by atoms with van der Waals surface area (Å²) >= 11 is 1.62. The average Bonchev–Trinajstić information content (AvgIpc) is 3.20. The van der Waals surface area contributed by atoms with E-state index >= 15 is 0 Å². The number of para-hydroxylation sites is 1. The number of benzene rings is 1. The van der Waals surface area contributed by atoms with Crippen LogP contribution < -0.4 is 5.32 Å². The summed E-state index contributed by atoms with van der Waals surface area (Å²) in [6, 6.07) is 6.49. The highest BCUT2D eigenvalue weighted by atomic mass is 32.1. The molecule has 2 aromatic heterocycles. The van der Waals surface area contributed by atoms with Crippen LogP contribution in [0.4, 0.5) is 5.13 Å². The van der Waals surface area contributed by atoms with Gasteiger partial charge in [0.05, 0.1) is 5.52 Å². The summed E-state index contributed by atoms with van der Waals surface area (Å²) < 4.78 is 0. The van der Waals surface area contributed by atoms with Crippen molar-refractivity contribution in [2.24, 2.45) is 0 Å². The number of anilines is 1. The first-order valence-electron chi connectivity index (χ1n) is 7.76. The number of nitrogens with zero attached hydrogens (tertiary/aromatic N) is 3. The molecule has 2 heterocycles. The maximum absolute atomic E-state index is 4.98. The second kappa shape index (κ2) is 5.32. The van der Waals surface area contributed by atoms with E-state index in [2.05, 4.69) is 40.6 Å². The van der Waals surface area contributed by atoms with Crippen molar-refractivity contribution in [2.75, 3.05) is 12.4 Å². The zero-order chi connectivity index (χ0) is 15.1. The van der Waals surface area contributed by atoms with Crippen LogP contribution in [0.5, 0.6) is 0 Å². The normalized spacial score (nSPS) is 13.5.